The molecule has 1 nitrogen and oxygen atoms in total. The number of halogens is 5. The summed E-state index contributed by atoms with van der Waals surface area (Å²) in [5.41, 5.74) is 0.366. The average Bonchev–Trinajstić information content (AvgIpc) is 2.36. The molecule has 6 heteroatoms. The molecule has 19 heavy (non-hydrogen) atoms. The van der Waals surface area contributed by atoms with Crippen molar-refractivity contribution in [1.82, 2.24) is 0 Å². The maximum absolute atomic E-state index is 13.6. The summed E-state index contributed by atoms with van der Waals surface area (Å²) in [6, 6.07) is 7.01. The summed E-state index contributed by atoms with van der Waals surface area (Å²) in [5, 5.41) is 0.280. The van der Waals surface area contributed by atoms with E-state index in [0.29, 0.717) is 21.1 Å². The minimum absolute atomic E-state index is 0.0146. The second-order valence-corrected chi connectivity index (χ2v) is 5.47. The normalized spacial score (nSPS) is 10.6. The quantitative estimate of drug-likeness (QED) is 0.439. The first-order valence-electron chi connectivity index (χ1n) is 5.18. The van der Waals surface area contributed by atoms with Crippen LogP contribution < -0.4 is 4.74 Å². The first-order chi connectivity index (χ1) is 9.02. The van der Waals surface area contributed by atoms with Gasteiger partial charge in [-0.15, -0.1) is 0 Å². The maximum atomic E-state index is 13.6. The number of hydrogen-bond acceptors (Lipinski definition) is 1. The minimum atomic E-state index is -0.600. The molecule has 0 bridgehead atoms. The molecule has 0 N–H and O–H groups in total. The fourth-order valence-electron chi connectivity index (χ4n) is 1.47. The predicted molar refractivity (Wildman–Crippen MR) is 78.2 cm³/mol. The molecule has 2 aromatic carbocycles. The first-order valence-corrected chi connectivity index (χ1v) is 7.48. The summed E-state index contributed by atoms with van der Waals surface area (Å²) in [4.78, 5) is 0. The van der Waals surface area contributed by atoms with Crippen molar-refractivity contribution in [2.75, 3.05) is 0 Å². The van der Waals surface area contributed by atoms with Crippen LogP contribution in [0.4, 0.5) is 8.78 Å². The Labute approximate surface area is 130 Å². The molecule has 0 aliphatic rings. The molecule has 0 fully saturated rings. The van der Waals surface area contributed by atoms with Gasteiger partial charge in [0.1, 0.15) is 23.1 Å². The van der Waals surface area contributed by atoms with E-state index in [4.69, 9.17) is 16.3 Å². The smallest absolute Gasteiger partial charge is 0.145 e. The summed E-state index contributed by atoms with van der Waals surface area (Å²) in [5.74, 6) is -0.439. The second-order valence-electron chi connectivity index (χ2n) is 3.65. The Kier molecular flexibility index (Phi) is 4.81. The SMILES string of the molecule is Fc1cc(Oc2cccc(F)c2CBr)c(Br)cc1Cl. The molecule has 0 saturated heterocycles. The van der Waals surface area contributed by atoms with E-state index in [9.17, 15) is 8.78 Å². The topological polar surface area (TPSA) is 9.23 Å². The largest absolute Gasteiger partial charge is 0.456 e. The van der Waals surface area contributed by atoms with Gasteiger partial charge in [0.15, 0.2) is 0 Å². The Balaban J connectivity index is 2.42. The Hall–Kier alpha value is -0.650. The van der Waals surface area contributed by atoms with Crippen LogP contribution >= 0.6 is 43.5 Å². The predicted octanol–water partition coefficient (Wildman–Crippen LogP) is 6.07. The molecule has 0 amide bonds. The van der Waals surface area contributed by atoms with Crippen molar-refractivity contribution in [3.8, 4) is 11.5 Å². The third kappa shape index (κ3) is 3.27. The molecule has 0 aromatic heterocycles. The van der Waals surface area contributed by atoms with Crippen LogP contribution in [-0.4, -0.2) is 0 Å². The lowest BCUT2D eigenvalue weighted by atomic mass is 10.2. The van der Waals surface area contributed by atoms with E-state index < -0.39 is 5.82 Å². The van der Waals surface area contributed by atoms with Crippen molar-refractivity contribution in [1.29, 1.82) is 0 Å². The lowest BCUT2D eigenvalue weighted by molar-refractivity contribution is 0.463. The van der Waals surface area contributed by atoms with E-state index in [2.05, 4.69) is 31.9 Å². The van der Waals surface area contributed by atoms with E-state index in [1.165, 1.54) is 18.2 Å². The van der Waals surface area contributed by atoms with Gasteiger partial charge >= 0.3 is 0 Å². The first kappa shape index (κ1) is 14.8. The Morgan fingerprint density at radius 3 is 2.53 bits per heavy atom. The zero-order valence-electron chi connectivity index (χ0n) is 9.39. The molecule has 0 aliphatic carbocycles. The number of hydrogen-bond donors (Lipinski definition) is 0. The molecule has 0 saturated carbocycles. The molecular formula is C13H7Br2ClF2O. The van der Waals surface area contributed by atoms with Gasteiger partial charge in [0.05, 0.1) is 9.50 Å². The minimum Gasteiger partial charge on any atom is -0.456 e. The van der Waals surface area contributed by atoms with E-state index >= 15 is 0 Å². The molecule has 2 aromatic rings. The lowest BCUT2D eigenvalue weighted by Crippen LogP contribution is -1.94. The van der Waals surface area contributed by atoms with Crippen LogP contribution in [-0.2, 0) is 5.33 Å². The highest BCUT2D eigenvalue weighted by Crippen LogP contribution is 2.36. The Bertz CT molecular complexity index is 620. The van der Waals surface area contributed by atoms with Gasteiger partial charge in [0.25, 0.3) is 0 Å². The van der Waals surface area contributed by atoms with Gasteiger partial charge in [-0.1, -0.05) is 33.6 Å². The Morgan fingerprint density at radius 2 is 1.84 bits per heavy atom. The molecule has 0 heterocycles. The molecule has 100 valence electrons. The van der Waals surface area contributed by atoms with Crippen molar-refractivity contribution >= 4 is 43.5 Å². The third-order valence-electron chi connectivity index (χ3n) is 2.40. The second kappa shape index (κ2) is 6.20. The third-order valence-corrected chi connectivity index (χ3v) is 3.87. The van der Waals surface area contributed by atoms with Gasteiger partial charge in [-0.3, -0.25) is 0 Å². The lowest BCUT2D eigenvalue weighted by Gasteiger charge is -2.12. The summed E-state index contributed by atoms with van der Waals surface area (Å²) in [6.07, 6.45) is 0. The van der Waals surface area contributed by atoms with Crippen LogP contribution in [0.5, 0.6) is 11.5 Å². The van der Waals surface area contributed by atoms with E-state index in [1.807, 2.05) is 0 Å². The number of benzene rings is 2. The zero-order valence-corrected chi connectivity index (χ0v) is 13.3. The number of rotatable bonds is 3. The van der Waals surface area contributed by atoms with Gasteiger partial charge in [0, 0.05) is 17.0 Å². The van der Waals surface area contributed by atoms with Crippen LogP contribution in [0.2, 0.25) is 5.02 Å². The highest BCUT2D eigenvalue weighted by atomic mass is 79.9. The fraction of sp³-hybridized carbons (Fsp3) is 0.0769. The highest BCUT2D eigenvalue weighted by Gasteiger charge is 2.13. The van der Waals surface area contributed by atoms with Crippen molar-refractivity contribution < 1.29 is 13.5 Å². The summed E-state index contributed by atoms with van der Waals surface area (Å²) in [6.45, 7) is 0. The van der Waals surface area contributed by atoms with Crippen molar-refractivity contribution in [2.24, 2.45) is 0 Å². The Morgan fingerprint density at radius 1 is 1.11 bits per heavy atom. The van der Waals surface area contributed by atoms with Gasteiger partial charge < -0.3 is 4.74 Å². The zero-order chi connectivity index (χ0) is 14.0. The van der Waals surface area contributed by atoms with Crippen LogP contribution in [0.1, 0.15) is 5.56 Å². The van der Waals surface area contributed by atoms with Gasteiger partial charge in [0.2, 0.25) is 0 Å². The monoisotopic (exact) mass is 410 g/mol. The molecule has 0 atom stereocenters. The molecule has 0 unspecified atom stereocenters. The summed E-state index contributed by atoms with van der Waals surface area (Å²) >= 11 is 12.1. The molecular weight excluding hydrogens is 405 g/mol. The molecule has 0 radical (unpaired) electrons. The molecule has 0 spiro atoms. The number of ether oxygens (including phenoxy) is 1. The van der Waals surface area contributed by atoms with E-state index in [-0.39, 0.29) is 16.6 Å². The standard InChI is InChI=1S/C13H7Br2ClF2O/c14-6-7-10(17)2-1-3-12(7)19-13-5-11(18)9(16)4-8(13)15/h1-5H,6H2. The van der Waals surface area contributed by atoms with Crippen molar-refractivity contribution in [2.45, 2.75) is 5.33 Å². The average molecular weight is 412 g/mol. The van der Waals surface area contributed by atoms with Crippen molar-refractivity contribution in [3.63, 3.8) is 0 Å². The van der Waals surface area contributed by atoms with E-state index in [1.54, 1.807) is 6.07 Å². The molecule has 0 aliphatic heterocycles. The van der Waals surface area contributed by atoms with Crippen LogP contribution in [0, 0.1) is 11.6 Å². The summed E-state index contributed by atoms with van der Waals surface area (Å²) < 4.78 is 33.0. The maximum Gasteiger partial charge on any atom is 0.145 e. The molecule has 2 rings (SSSR count). The van der Waals surface area contributed by atoms with Gasteiger partial charge in [-0.25, -0.2) is 8.78 Å². The number of alkyl halides is 1. The fourth-order valence-corrected chi connectivity index (χ4v) is 2.73. The van der Waals surface area contributed by atoms with E-state index in [0.717, 1.165) is 6.07 Å². The highest BCUT2D eigenvalue weighted by molar-refractivity contribution is 9.10. The van der Waals surface area contributed by atoms with Gasteiger partial charge in [-0.05, 0) is 34.1 Å². The van der Waals surface area contributed by atoms with Crippen molar-refractivity contribution in [3.05, 3.63) is 57.0 Å². The van der Waals surface area contributed by atoms with Gasteiger partial charge in [-0.2, -0.15) is 0 Å². The summed E-state index contributed by atoms with van der Waals surface area (Å²) in [7, 11) is 0. The van der Waals surface area contributed by atoms with Crippen LogP contribution in [0.15, 0.2) is 34.8 Å². The van der Waals surface area contributed by atoms with Crippen LogP contribution in [0.3, 0.4) is 0 Å². The van der Waals surface area contributed by atoms with Crippen LogP contribution in [0.25, 0.3) is 0 Å².